The normalized spacial score (nSPS) is 10.5. The second kappa shape index (κ2) is 7.94. The van der Waals surface area contributed by atoms with Gasteiger partial charge in [-0.25, -0.2) is 9.78 Å². The number of hydrogen-bond donors (Lipinski definition) is 1. The van der Waals surface area contributed by atoms with Crippen molar-refractivity contribution in [2.45, 2.75) is 19.9 Å². The van der Waals surface area contributed by atoms with Gasteiger partial charge >= 0.3 is 6.03 Å². The van der Waals surface area contributed by atoms with E-state index < -0.39 is 0 Å². The lowest BCUT2D eigenvalue weighted by Gasteiger charge is -2.18. The average molecular weight is 351 g/mol. The van der Waals surface area contributed by atoms with Crippen molar-refractivity contribution in [2.24, 2.45) is 0 Å². The Kier molecular flexibility index (Phi) is 5.46. The number of thiazole rings is 1. The molecule has 5 heteroatoms. The molecule has 0 aliphatic rings. The Hall–Kier alpha value is -2.66. The number of aryl methyl sites for hydroxylation is 1. The largest absolute Gasteiger partial charge is 0.322 e. The van der Waals surface area contributed by atoms with E-state index in [1.807, 2.05) is 49.5 Å². The van der Waals surface area contributed by atoms with E-state index in [1.54, 1.807) is 23.3 Å². The molecule has 25 heavy (non-hydrogen) atoms. The summed E-state index contributed by atoms with van der Waals surface area (Å²) in [4.78, 5) is 19.5. The molecule has 2 amide bonds. The van der Waals surface area contributed by atoms with Crippen molar-refractivity contribution in [3.63, 3.8) is 0 Å². The average Bonchev–Trinajstić information content (AvgIpc) is 3.02. The van der Waals surface area contributed by atoms with Gasteiger partial charge in [0.05, 0.1) is 11.6 Å². The van der Waals surface area contributed by atoms with Gasteiger partial charge in [0.15, 0.2) is 0 Å². The zero-order chi connectivity index (χ0) is 17.6. The van der Waals surface area contributed by atoms with E-state index >= 15 is 0 Å². The van der Waals surface area contributed by atoms with Crippen molar-refractivity contribution in [2.75, 3.05) is 12.4 Å². The number of para-hydroxylation sites is 1. The summed E-state index contributed by atoms with van der Waals surface area (Å²) in [5.74, 6) is 0. The van der Waals surface area contributed by atoms with Crippen molar-refractivity contribution in [1.82, 2.24) is 9.88 Å². The minimum Gasteiger partial charge on any atom is -0.322 e. The molecule has 1 aromatic heterocycles. The van der Waals surface area contributed by atoms with Crippen LogP contribution in [0, 0.1) is 6.92 Å². The van der Waals surface area contributed by atoms with Crippen LogP contribution in [0.5, 0.6) is 0 Å². The Bertz CT molecular complexity index is 845. The van der Waals surface area contributed by atoms with Gasteiger partial charge in [-0.15, -0.1) is 11.3 Å². The number of urea groups is 1. The van der Waals surface area contributed by atoms with Crippen LogP contribution >= 0.6 is 11.3 Å². The fraction of sp³-hybridized carbons (Fsp3) is 0.200. The molecule has 0 fully saturated rings. The van der Waals surface area contributed by atoms with Gasteiger partial charge in [0, 0.05) is 23.8 Å². The Morgan fingerprint density at radius 3 is 2.56 bits per heavy atom. The summed E-state index contributed by atoms with van der Waals surface area (Å²) in [6.07, 6.45) is 2.61. The highest BCUT2D eigenvalue weighted by atomic mass is 32.1. The number of rotatable bonds is 5. The number of nitrogens with one attached hydrogen (secondary N) is 1. The first-order valence-corrected chi connectivity index (χ1v) is 8.99. The number of aromatic nitrogens is 1. The van der Waals surface area contributed by atoms with E-state index in [9.17, 15) is 4.79 Å². The van der Waals surface area contributed by atoms with Crippen LogP contribution in [0.25, 0.3) is 0 Å². The van der Waals surface area contributed by atoms with Crippen molar-refractivity contribution >= 4 is 23.1 Å². The monoisotopic (exact) mass is 351 g/mol. The van der Waals surface area contributed by atoms with Gasteiger partial charge in [0.25, 0.3) is 0 Å². The number of benzene rings is 2. The van der Waals surface area contributed by atoms with E-state index in [0.717, 1.165) is 27.6 Å². The summed E-state index contributed by atoms with van der Waals surface area (Å²) in [5, 5.41) is 4.04. The summed E-state index contributed by atoms with van der Waals surface area (Å²) in [7, 11) is 1.80. The van der Waals surface area contributed by atoms with Gasteiger partial charge < -0.3 is 10.2 Å². The van der Waals surface area contributed by atoms with Crippen LogP contribution in [0.15, 0.2) is 60.8 Å². The van der Waals surface area contributed by atoms with Crippen LogP contribution in [0.2, 0.25) is 0 Å². The van der Waals surface area contributed by atoms with E-state index in [2.05, 4.69) is 28.5 Å². The van der Waals surface area contributed by atoms with E-state index in [4.69, 9.17) is 0 Å². The van der Waals surface area contributed by atoms with Crippen molar-refractivity contribution in [3.05, 3.63) is 81.8 Å². The topological polar surface area (TPSA) is 45.2 Å². The zero-order valence-corrected chi connectivity index (χ0v) is 15.2. The van der Waals surface area contributed by atoms with Crippen LogP contribution in [0.4, 0.5) is 10.5 Å². The first-order valence-electron chi connectivity index (χ1n) is 8.17. The maximum atomic E-state index is 12.5. The molecule has 1 N–H and O–H groups in total. The molecule has 0 unspecified atom stereocenters. The maximum absolute atomic E-state index is 12.5. The molecular weight excluding hydrogens is 330 g/mol. The molecule has 3 aromatic rings. The Morgan fingerprint density at radius 2 is 1.84 bits per heavy atom. The Labute approximate surface area is 152 Å². The molecular formula is C20H21N3OS. The number of nitrogens with zero attached hydrogens (tertiary/aromatic N) is 2. The molecule has 0 aliphatic carbocycles. The first kappa shape index (κ1) is 17.2. The van der Waals surface area contributed by atoms with Gasteiger partial charge in [-0.05, 0) is 30.5 Å². The van der Waals surface area contributed by atoms with Crippen LogP contribution in [0.3, 0.4) is 0 Å². The first-order chi connectivity index (χ1) is 12.1. The molecule has 0 atom stereocenters. The Morgan fingerprint density at radius 1 is 1.12 bits per heavy atom. The number of hydrogen-bond acceptors (Lipinski definition) is 3. The molecule has 0 bridgehead atoms. The second-order valence-corrected chi connectivity index (χ2v) is 7.27. The predicted molar refractivity (Wildman–Crippen MR) is 103 cm³/mol. The predicted octanol–water partition coefficient (Wildman–Crippen LogP) is 4.71. The summed E-state index contributed by atoms with van der Waals surface area (Å²) in [6, 6.07) is 18.1. The number of carbonyl (C=O) groups is 1. The minimum absolute atomic E-state index is 0.119. The molecule has 4 nitrogen and oxygen atoms in total. The van der Waals surface area contributed by atoms with Crippen LogP contribution < -0.4 is 5.32 Å². The van der Waals surface area contributed by atoms with Crippen LogP contribution in [0.1, 0.15) is 21.0 Å². The van der Waals surface area contributed by atoms with Gasteiger partial charge in [0.2, 0.25) is 0 Å². The van der Waals surface area contributed by atoms with Gasteiger partial charge in [-0.3, -0.25) is 0 Å². The second-order valence-electron chi connectivity index (χ2n) is 5.95. The summed E-state index contributed by atoms with van der Waals surface area (Å²) in [6.45, 7) is 2.52. The molecule has 1 heterocycles. The molecule has 0 radical (unpaired) electrons. The van der Waals surface area contributed by atoms with Crippen molar-refractivity contribution in [3.8, 4) is 0 Å². The van der Waals surface area contributed by atoms with Crippen LogP contribution in [-0.2, 0) is 13.0 Å². The highest BCUT2D eigenvalue weighted by Gasteiger charge is 2.13. The standard InChI is InChI=1S/C20H21N3OS/c1-15-21-13-18(25-15)14-23(2)20(24)22-19-11-7-6-10-17(19)12-16-8-4-3-5-9-16/h3-11,13H,12,14H2,1-2H3,(H,22,24). The lowest BCUT2D eigenvalue weighted by atomic mass is 10.0. The summed E-state index contributed by atoms with van der Waals surface area (Å²) >= 11 is 1.61. The molecule has 3 rings (SSSR count). The van der Waals surface area contributed by atoms with E-state index in [0.29, 0.717) is 6.54 Å². The third-order valence-corrected chi connectivity index (χ3v) is 4.80. The quantitative estimate of drug-likeness (QED) is 0.724. The van der Waals surface area contributed by atoms with Gasteiger partial charge in [-0.2, -0.15) is 0 Å². The Balaban J connectivity index is 1.68. The molecule has 0 saturated carbocycles. The molecule has 0 saturated heterocycles. The third kappa shape index (κ3) is 4.67. The van der Waals surface area contributed by atoms with Crippen molar-refractivity contribution in [1.29, 1.82) is 0 Å². The number of carbonyl (C=O) groups excluding carboxylic acids is 1. The number of amides is 2. The van der Waals surface area contributed by atoms with E-state index in [1.165, 1.54) is 5.56 Å². The van der Waals surface area contributed by atoms with Gasteiger partial charge in [-0.1, -0.05) is 48.5 Å². The third-order valence-electron chi connectivity index (χ3n) is 3.91. The SMILES string of the molecule is Cc1ncc(CN(C)C(=O)Nc2ccccc2Cc2ccccc2)s1. The van der Waals surface area contributed by atoms with Gasteiger partial charge in [0.1, 0.15) is 0 Å². The lowest BCUT2D eigenvalue weighted by Crippen LogP contribution is -2.30. The molecule has 128 valence electrons. The van der Waals surface area contributed by atoms with E-state index in [-0.39, 0.29) is 6.03 Å². The fourth-order valence-electron chi connectivity index (χ4n) is 2.61. The molecule has 0 aliphatic heterocycles. The molecule has 2 aromatic carbocycles. The number of anilines is 1. The molecule has 0 spiro atoms. The zero-order valence-electron chi connectivity index (χ0n) is 14.4. The fourth-order valence-corrected chi connectivity index (χ4v) is 3.46. The van der Waals surface area contributed by atoms with Crippen LogP contribution in [-0.4, -0.2) is 23.0 Å². The van der Waals surface area contributed by atoms with Crippen molar-refractivity contribution < 1.29 is 4.79 Å². The lowest BCUT2D eigenvalue weighted by molar-refractivity contribution is 0.221. The minimum atomic E-state index is -0.119. The highest BCUT2D eigenvalue weighted by Crippen LogP contribution is 2.20. The maximum Gasteiger partial charge on any atom is 0.321 e. The highest BCUT2D eigenvalue weighted by molar-refractivity contribution is 7.11. The summed E-state index contributed by atoms with van der Waals surface area (Å²) < 4.78 is 0. The summed E-state index contributed by atoms with van der Waals surface area (Å²) in [5.41, 5.74) is 3.17. The smallest absolute Gasteiger partial charge is 0.321 e.